The Morgan fingerprint density at radius 1 is 1.42 bits per heavy atom. The van der Waals surface area contributed by atoms with Crippen LogP contribution in [0.4, 0.5) is 4.79 Å². The van der Waals surface area contributed by atoms with Crippen LogP contribution in [0.1, 0.15) is 4.88 Å². The molecular weight excluding hydrogens is 382 g/mol. The molecule has 0 radical (unpaired) electrons. The number of carboxylic acids is 1. The summed E-state index contributed by atoms with van der Waals surface area (Å²) in [6.07, 6.45) is -0.651. The number of rotatable bonds is 5. The van der Waals surface area contributed by atoms with E-state index < -0.39 is 29.4 Å². The van der Waals surface area contributed by atoms with E-state index in [9.17, 15) is 24.3 Å². The van der Waals surface area contributed by atoms with E-state index in [-0.39, 0.29) is 29.5 Å². The number of thioether (sulfide) groups is 1. The van der Waals surface area contributed by atoms with Gasteiger partial charge in [-0.05, 0) is 11.4 Å². The summed E-state index contributed by atoms with van der Waals surface area (Å²) >= 11 is 2.70. The van der Waals surface area contributed by atoms with Gasteiger partial charge in [-0.2, -0.15) is 0 Å². The molecule has 1 saturated heterocycles. The first-order valence-corrected chi connectivity index (χ1v) is 9.43. The van der Waals surface area contributed by atoms with Crippen LogP contribution in [-0.4, -0.2) is 58.2 Å². The summed E-state index contributed by atoms with van der Waals surface area (Å²) < 4.78 is 4.47. The van der Waals surface area contributed by atoms with E-state index in [0.29, 0.717) is 0 Å². The Hall–Kier alpha value is -2.53. The zero-order chi connectivity index (χ0) is 18.8. The Labute approximate surface area is 156 Å². The van der Waals surface area contributed by atoms with Crippen LogP contribution in [0.2, 0.25) is 0 Å². The number of nitrogens with zero attached hydrogens (tertiary/aromatic N) is 1. The Balaban J connectivity index is 1.71. The van der Waals surface area contributed by atoms with Crippen LogP contribution in [0.25, 0.3) is 0 Å². The molecule has 1 fully saturated rings. The highest BCUT2D eigenvalue weighted by molar-refractivity contribution is 8.00. The summed E-state index contributed by atoms with van der Waals surface area (Å²) in [4.78, 5) is 49.4. The van der Waals surface area contributed by atoms with Crippen molar-refractivity contribution in [3.8, 4) is 0 Å². The monoisotopic (exact) mass is 397 g/mol. The Morgan fingerprint density at radius 2 is 2.19 bits per heavy atom. The average molecular weight is 397 g/mol. The molecule has 0 aromatic carbocycles. The fourth-order valence-electron chi connectivity index (χ4n) is 2.69. The molecule has 0 spiro atoms. The second-order valence-electron chi connectivity index (χ2n) is 5.46. The number of carbonyl (C=O) groups excluding carboxylic acids is 3. The number of fused-ring (bicyclic) bond motifs is 1. The van der Waals surface area contributed by atoms with Crippen molar-refractivity contribution in [3.63, 3.8) is 0 Å². The number of hydrogen-bond donors (Lipinski definition) is 3. The summed E-state index contributed by atoms with van der Waals surface area (Å²) in [6.45, 7) is 0. The number of alkyl carbamates (subject to hydrolysis) is 1. The van der Waals surface area contributed by atoms with Crippen molar-refractivity contribution in [2.75, 3.05) is 12.9 Å². The maximum Gasteiger partial charge on any atom is 0.411 e. The molecule has 3 amide bonds. The lowest BCUT2D eigenvalue weighted by molar-refractivity contribution is -0.150. The topological polar surface area (TPSA) is 125 Å². The van der Waals surface area contributed by atoms with Crippen LogP contribution in [0.3, 0.4) is 0 Å². The summed E-state index contributed by atoms with van der Waals surface area (Å²) in [5, 5.41) is 15.8. The first-order valence-electron chi connectivity index (χ1n) is 7.50. The minimum Gasteiger partial charge on any atom is -0.477 e. The first kappa shape index (κ1) is 18.3. The van der Waals surface area contributed by atoms with Gasteiger partial charge >= 0.3 is 12.1 Å². The van der Waals surface area contributed by atoms with Gasteiger partial charge in [0.05, 0.1) is 19.2 Å². The molecule has 1 aromatic heterocycles. The second kappa shape index (κ2) is 7.38. The van der Waals surface area contributed by atoms with Crippen molar-refractivity contribution < 1.29 is 29.0 Å². The molecule has 26 heavy (non-hydrogen) atoms. The molecule has 9 nitrogen and oxygen atoms in total. The number of methoxy groups -OCH3 is 1. The van der Waals surface area contributed by atoms with E-state index in [1.165, 1.54) is 23.1 Å². The van der Waals surface area contributed by atoms with Gasteiger partial charge in [0.15, 0.2) is 5.70 Å². The molecule has 2 atom stereocenters. The number of aliphatic carboxylic acids is 1. The first-order chi connectivity index (χ1) is 12.4. The Bertz CT molecular complexity index is 791. The number of nitrogens with one attached hydrogen (secondary N) is 2. The summed E-state index contributed by atoms with van der Waals surface area (Å²) in [5.41, 5.74) is -0.213. The highest BCUT2D eigenvalue weighted by atomic mass is 32.2. The molecule has 2 aliphatic rings. The number of thiophene rings is 1. The summed E-state index contributed by atoms with van der Waals surface area (Å²) in [6, 6.07) is 2.87. The van der Waals surface area contributed by atoms with Gasteiger partial charge in [0.1, 0.15) is 11.4 Å². The molecule has 1 aromatic rings. The van der Waals surface area contributed by atoms with Gasteiger partial charge in [0.2, 0.25) is 5.91 Å². The van der Waals surface area contributed by atoms with Gasteiger partial charge in [-0.25, -0.2) is 9.59 Å². The van der Waals surface area contributed by atoms with Gasteiger partial charge in [-0.15, -0.1) is 23.1 Å². The lowest BCUT2D eigenvalue weighted by atomic mass is 10.0. The van der Waals surface area contributed by atoms with Crippen molar-refractivity contribution in [1.29, 1.82) is 0 Å². The largest absolute Gasteiger partial charge is 0.477 e. The smallest absolute Gasteiger partial charge is 0.411 e. The standard InChI is InChI=1S/C15H15N3O6S2/c1-24-15(23)16-8-6-26-13-10(12(20)18(13)11(8)14(21)22)17-9(19)5-7-3-2-4-25-7/h2-4,10,13H,5-6H2,1H3,(H,16,23)(H,17,19)(H,21,22)/t10?,13-/m0/s1. The summed E-state index contributed by atoms with van der Waals surface area (Å²) in [7, 11) is 1.16. The van der Waals surface area contributed by atoms with Crippen LogP contribution in [-0.2, 0) is 25.5 Å². The maximum atomic E-state index is 12.4. The molecular formula is C15H15N3O6S2. The van der Waals surface area contributed by atoms with Crippen LogP contribution < -0.4 is 10.6 Å². The third-order valence-electron chi connectivity index (χ3n) is 3.84. The van der Waals surface area contributed by atoms with Crippen molar-refractivity contribution in [2.45, 2.75) is 17.8 Å². The third-order valence-corrected chi connectivity index (χ3v) is 6.00. The lowest BCUT2D eigenvalue weighted by Gasteiger charge is -2.49. The fourth-order valence-corrected chi connectivity index (χ4v) is 4.67. The van der Waals surface area contributed by atoms with E-state index in [1.54, 1.807) is 0 Å². The number of carbonyl (C=O) groups is 4. The Morgan fingerprint density at radius 3 is 2.81 bits per heavy atom. The molecule has 1 unspecified atom stereocenters. The molecule has 138 valence electrons. The van der Waals surface area contributed by atoms with Crippen LogP contribution in [0.15, 0.2) is 28.9 Å². The number of hydrogen-bond acceptors (Lipinski definition) is 7. The minimum absolute atomic E-state index is 0.0855. The highest BCUT2D eigenvalue weighted by Crippen LogP contribution is 2.39. The van der Waals surface area contributed by atoms with Crippen LogP contribution in [0, 0.1) is 0 Å². The zero-order valence-electron chi connectivity index (χ0n) is 13.6. The van der Waals surface area contributed by atoms with E-state index in [1.807, 2.05) is 17.5 Å². The van der Waals surface area contributed by atoms with Crippen molar-refractivity contribution in [3.05, 3.63) is 33.8 Å². The van der Waals surface area contributed by atoms with Gasteiger partial charge in [0.25, 0.3) is 5.91 Å². The molecule has 2 aliphatic heterocycles. The molecule has 0 saturated carbocycles. The van der Waals surface area contributed by atoms with E-state index in [2.05, 4.69) is 15.4 Å². The van der Waals surface area contributed by atoms with Gasteiger partial charge < -0.3 is 15.2 Å². The van der Waals surface area contributed by atoms with Crippen molar-refractivity contribution in [1.82, 2.24) is 15.5 Å². The van der Waals surface area contributed by atoms with Crippen molar-refractivity contribution >= 4 is 47.0 Å². The second-order valence-corrected chi connectivity index (χ2v) is 7.60. The van der Waals surface area contributed by atoms with Gasteiger partial charge in [0, 0.05) is 10.6 Å². The van der Waals surface area contributed by atoms with E-state index in [4.69, 9.17) is 0 Å². The van der Waals surface area contributed by atoms with Gasteiger partial charge in [-0.3, -0.25) is 19.8 Å². The number of ether oxygens (including phenoxy) is 1. The Kier molecular flexibility index (Phi) is 5.18. The fraction of sp³-hybridized carbons (Fsp3) is 0.333. The zero-order valence-corrected chi connectivity index (χ0v) is 15.2. The lowest BCUT2D eigenvalue weighted by Crippen LogP contribution is -2.71. The molecule has 0 bridgehead atoms. The normalized spacial score (nSPS) is 21.6. The predicted molar refractivity (Wildman–Crippen MR) is 93.2 cm³/mol. The number of β-lactam (4-membered cyclic amide) rings is 1. The van der Waals surface area contributed by atoms with Crippen LogP contribution in [0.5, 0.6) is 0 Å². The molecule has 3 heterocycles. The van der Waals surface area contributed by atoms with E-state index in [0.717, 1.165) is 16.9 Å². The minimum atomic E-state index is -1.33. The third kappa shape index (κ3) is 3.40. The quantitative estimate of drug-likeness (QED) is 0.612. The molecule has 11 heteroatoms. The highest BCUT2D eigenvalue weighted by Gasteiger charge is 2.54. The number of amides is 3. The summed E-state index contributed by atoms with van der Waals surface area (Å²) in [5.74, 6) is -1.99. The average Bonchev–Trinajstić information content (AvgIpc) is 3.11. The molecule has 0 aliphatic carbocycles. The van der Waals surface area contributed by atoms with Crippen LogP contribution >= 0.6 is 23.1 Å². The molecule has 3 N–H and O–H groups in total. The maximum absolute atomic E-state index is 12.4. The number of carboxylic acid groups (broad SMARTS) is 1. The van der Waals surface area contributed by atoms with E-state index >= 15 is 0 Å². The predicted octanol–water partition coefficient (Wildman–Crippen LogP) is 0.343. The van der Waals surface area contributed by atoms with Gasteiger partial charge in [-0.1, -0.05) is 6.07 Å². The van der Waals surface area contributed by atoms with Crippen molar-refractivity contribution in [2.24, 2.45) is 0 Å². The molecule has 3 rings (SSSR count). The SMILES string of the molecule is COC(=O)NC1=C(C(=O)O)N2C(=O)C(NC(=O)Cc3cccs3)[C@@H]2SC1.